The number of aromatic amines is 1. The van der Waals surface area contributed by atoms with Gasteiger partial charge in [0.15, 0.2) is 0 Å². The molecule has 0 unspecified atom stereocenters. The van der Waals surface area contributed by atoms with Crippen molar-refractivity contribution in [2.45, 2.75) is 0 Å². The highest BCUT2D eigenvalue weighted by atomic mass is 79.9. The number of aromatic nitrogens is 3. The van der Waals surface area contributed by atoms with Gasteiger partial charge in [0.25, 0.3) is 0 Å². The van der Waals surface area contributed by atoms with Gasteiger partial charge in [-0.15, -0.1) is 11.3 Å². The lowest BCUT2D eigenvalue weighted by molar-refractivity contribution is 1.34. The fourth-order valence-corrected chi connectivity index (χ4v) is 2.76. The standard InChI is InChI=1S/C10H7BrN4S/c11-8-9(12)15-10(16-8)5-1-2-6-7(3-5)14-4-13-6/h1-4H,12H2,(H,13,14). The van der Waals surface area contributed by atoms with E-state index in [9.17, 15) is 0 Å². The average molecular weight is 295 g/mol. The van der Waals surface area contributed by atoms with Gasteiger partial charge < -0.3 is 10.7 Å². The van der Waals surface area contributed by atoms with Crippen LogP contribution in [0.1, 0.15) is 0 Å². The van der Waals surface area contributed by atoms with Crippen LogP contribution in [-0.2, 0) is 0 Å². The summed E-state index contributed by atoms with van der Waals surface area (Å²) in [5.41, 5.74) is 8.70. The van der Waals surface area contributed by atoms with E-state index in [-0.39, 0.29) is 0 Å². The van der Waals surface area contributed by atoms with Crippen molar-refractivity contribution in [3.8, 4) is 10.6 Å². The summed E-state index contributed by atoms with van der Waals surface area (Å²) in [6, 6.07) is 5.98. The topological polar surface area (TPSA) is 67.6 Å². The second-order valence-electron chi connectivity index (χ2n) is 3.31. The van der Waals surface area contributed by atoms with E-state index in [0.717, 1.165) is 25.4 Å². The van der Waals surface area contributed by atoms with Crippen LogP contribution in [0.4, 0.5) is 5.82 Å². The Morgan fingerprint density at radius 2 is 2.25 bits per heavy atom. The van der Waals surface area contributed by atoms with E-state index >= 15 is 0 Å². The molecule has 0 fully saturated rings. The first-order valence-corrected chi connectivity index (χ1v) is 6.20. The summed E-state index contributed by atoms with van der Waals surface area (Å²) in [5.74, 6) is 0.532. The maximum Gasteiger partial charge on any atom is 0.149 e. The van der Waals surface area contributed by atoms with Crippen LogP contribution in [0.3, 0.4) is 0 Å². The van der Waals surface area contributed by atoms with Crippen LogP contribution in [0.2, 0.25) is 0 Å². The predicted octanol–water partition coefficient (Wildman–Crippen LogP) is 3.03. The van der Waals surface area contributed by atoms with E-state index in [1.165, 1.54) is 11.3 Å². The van der Waals surface area contributed by atoms with Crippen LogP contribution in [0.5, 0.6) is 0 Å². The monoisotopic (exact) mass is 294 g/mol. The molecule has 3 N–H and O–H groups in total. The molecule has 0 radical (unpaired) electrons. The van der Waals surface area contributed by atoms with E-state index in [1.54, 1.807) is 6.33 Å². The zero-order valence-electron chi connectivity index (χ0n) is 8.07. The fraction of sp³-hybridized carbons (Fsp3) is 0. The van der Waals surface area contributed by atoms with Crippen molar-refractivity contribution < 1.29 is 0 Å². The van der Waals surface area contributed by atoms with Crippen LogP contribution in [-0.4, -0.2) is 15.0 Å². The first-order chi connectivity index (χ1) is 7.74. The van der Waals surface area contributed by atoms with Gasteiger partial charge in [0.2, 0.25) is 0 Å². The minimum absolute atomic E-state index is 0.532. The van der Waals surface area contributed by atoms with Crippen LogP contribution in [0.15, 0.2) is 28.3 Å². The number of rotatable bonds is 1. The molecule has 3 rings (SSSR count). The second kappa shape index (κ2) is 3.57. The maximum atomic E-state index is 5.70. The molecule has 4 nitrogen and oxygen atoms in total. The molecule has 1 aromatic carbocycles. The van der Waals surface area contributed by atoms with Crippen molar-refractivity contribution >= 4 is 44.1 Å². The second-order valence-corrected chi connectivity index (χ2v) is 5.63. The molecule has 0 amide bonds. The molecule has 0 bridgehead atoms. The summed E-state index contributed by atoms with van der Waals surface area (Å²) in [6.07, 6.45) is 1.68. The quantitative estimate of drug-likeness (QED) is 0.725. The Bertz CT molecular complexity index is 638. The summed E-state index contributed by atoms with van der Waals surface area (Å²) >= 11 is 4.89. The number of halogens is 1. The molecule has 0 aliphatic heterocycles. The lowest BCUT2D eigenvalue weighted by Crippen LogP contribution is -1.84. The molecule has 0 spiro atoms. The zero-order valence-corrected chi connectivity index (χ0v) is 10.5. The predicted molar refractivity (Wildman–Crippen MR) is 69.3 cm³/mol. The Balaban J connectivity index is 2.17. The van der Waals surface area contributed by atoms with Crippen LogP contribution in [0.25, 0.3) is 21.6 Å². The Hall–Kier alpha value is -1.40. The normalized spacial score (nSPS) is 11.1. The molecular formula is C10H7BrN4S. The Morgan fingerprint density at radius 1 is 1.38 bits per heavy atom. The van der Waals surface area contributed by atoms with Gasteiger partial charge in [-0.1, -0.05) is 0 Å². The van der Waals surface area contributed by atoms with Crippen molar-refractivity contribution in [1.29, 1.82) is 0 Å². The number of nitrogen functional groups attached to an aromatic ring is 1. The highest BCUT2D eigenvalue weighted by Crippen LogP contribution is 2.34. The zero-order chi connectivity index (χ0) is 11.1. The first kappa shape index (κ1) is 9.80. The number of nitrogens with zero attached hydrogens (tertiary/aromatic N) is 2. The summed E-state index contributed by atoms with van der Waals surface area (Å²) in [7, 11) is 0. The van der Waals surface area contributed by atoms with Gasteiger partial charge in [-0.25, -0.2) is 9.97 Å². The number of nitrogens with one attached hydrogen (secondary N) is 1. The van der Waals surface area contributed by atoms with E-state index in [0.29, 0.717) is 5.82 Å². The molecule has 6 heteroatoms. The highest BCUT2D eigenvalue weighted by Gasteiger charge is 2.08. The van der Waals surface area contributed by atoms with Crippen LogP contribution < -0.4 is 5.73 Å². The van der Waals surface area contributed by atoms with Crippen molar-refractivity contribution in [1.82, 2.24) is 15.0 Å². The van der Waals surface area contributed by atoms with Gasteiger partial charge in [0, 0.05) is 5.56 Å². The Labute approximate surface area is 104 Å². The summed E-state index contributed by atoms with van der Waals surface area (Å²) in [6.45, 7) is 0. The van der Waals surface area contributed by atoms with E-state index in [1.807, 2.05) is 18.2 Å². The third kappa shape index (κ3) is 1.50. The number of thiazole rings is 1. The molecule has 2 heterocycles. The van der Waals surface area contributed by atoms with Gasteiger partial charge >= 0.3 is 0 Å². The molecular weight excluding hydrogens is 288 g/mol. The molecule has 0 saturated heterocycles. The van der Waals surface area contributed by atoms with Crippen LogP contribution >= 0.6 is 27.3 Å². The number of hydrogen-bond donors (Lipinski definition) is 2. The van der Waals surface area contributed by atoms with Gasteiger partial charge in [0.05, 0.1) is 17.4 Å². The van der Waals surface area contributed by atoms with Gasteiger partial charge in [-0.2, -0.15) is 0 Å². The van der Waals surface area contributed by atoms with Crippen molar-refractivity contribution in [2.75, 3.05) is 5.73 Å². The van der Waals surface area contributed by atoms with Crippen molar-refractivity contribution in [3.05, 3.63) is 28.3 Å². The van der Waals surface area contributed by atoms with E-state index in [4.69, 9.17) is 5.73 Å². The average Bonchev–Trinajstić information content (AvgIpc) is 2.85. The van der Waals surface area contributed by atoms with Gasteiger partial charge in [0.1, 0.15) is 14.6 Å². The first-order valence-electron chi connectivity index (χ1n) is 4.59. The van der Waals surface area contributed by atoms with E-state index in [2.05, 4.69) is 30.9 Å². The lowest BCUT2D eigenvalue weighted by atomic mass is 10.2. The largest absolute Gasteiger partial charge is 0.382 e. The number of fused-ring (bicyclic) bond motifs is 1. The van der Waals surface area contributed by atoms with E-state index < -0.39 is 0 Å². The van der Waals surface area contributed by atoms with Gasteiger partial charge in [-0.05, 0) is 34.1 Å². The summed E-state index contributed by atoms with van der Waals surface area (Å²) < 4.78 is 0.868. The minimum atomic E-state index is 0.532. The number of hydrogen-bond acceptors (Lipinski definition) is 4. The molecule has 0 aliphatic rings. The van der Waals surface area contributed by atoms with Gasteiger partial charge in [-0.3, -0.25) is 0 Å². The minimum Gasteiger partial charge on any atom is -0.382 e. The summed E-state index contributed by atoms with van der Waals surface area (Å²) in [4.78, 5) is 11.5. The molecule has 0 aliphatic carbocycles. The third-order valence-electron chi connectivity index (χ3n) is 2.28. The third-order valence-corrected chi connectivity index (χ3v) is 4.08. The molecule has 0 atom stereocenters. The molecule has 0 saturated carbocycles. The summed E-state index contributed by atoms with van der Waals surface area (Å²) in [5, 5.41) is 0.904. The fourth-order valence-electron chi connectivity index (χ4n) is 1.51. The smallest absolute Gasteiger partial charge is 0.149 e. The number of imidazole rings is 1. The molecule has 2 aromatic heterocycles. The lowest BCUT2D eigenvalue weighted by Gasteiger charge is -1.95. The number of benzene rings is 1. The Kier molecular flexibility index (Phi) is 2.19. The maximum absolute atomic E-state index is 5.70. The molecule has 80 valence electrons. The number of nitrogens with two attached hydrogens (primary N) is 1. The number of anilines is 1. The van der Waals surface area contributed by atoms with Crippen molar-refractivity contribution in [3.63, 3.8) is 0 Å². The van der Waals surface area contributed by atoms with Crippen molar-refractivity contribution in [2.24, 2.45) is 0 Å². The Morgan fingerprint density at radius 3 is 3.00 bits per heavy atom. The molecule has 16 heavy (non-hydrogen) atoms. The van der Waals surface area contributed by atoms with Crippen LogP contribution in [0, 0.1) is 0 Å². The molecule has 3 aromatic rings. The highest BCUT2D eigenvalue weighted by molar-refractivity contribution is 9.11. The SMILES string of the molecule is Nc1nc(-c2ccc3nc[nH]c3c2)sc1Br. The number of H-pyrrole nitrogens is 1.